The SMILES string of the molecule is CSc1ccc(CC(=O)N(CCCN(C)C)c2nc3c(C)cc(Cl)cc3s2)cc1. The average molecular weight is 448 g/mol. The number of halogens is 1. The van der Waals surface area contributed by atoms with Gasteiger partial charge in [-0.05, 0) is 75.6 Å². The number of hydrogen-bond acceptors (Lipinski definition) is 5. The summed E-state index contributed by atoms with van der Waals surface area (Å²) in [5, 5.41) is 1.44. The van der Waals surface area contributed by atoms with Crippen molar-refractivity contribution in [2.45, 2.75) is 24.7 Å². The molecule has 0 N–H and O–H groups in total. The fourth-order valence-corrected chi connectivity index (χ4v) is 5.02. The predicted molar refractivity (Wildman–Crippen MR) is 127 cm³/mol. The van der Waals surface area contributed by atoms with Gasteiger partial charge in [0.05, 0.1) is 16.6 Å². The van der Waals surface area contributed by atoms with Crippen molar-refractivity contribution in [2.24, 2.45) is 0 Å². The molecule has 0 bridgehead atoms. The van der Waals surface area contributed by atoms with Crippen LogP contribution in [0.4, 0.5) is 5.13 Å². The van der Waals surface area contributed by atoms with Crippen molar-refractivity contribution in [3.05, 3.63) is 52.5 Å². The Morgan fingerprint density at radius 1 is 1.17 bits per heavy atom. The van der Waals surface area contributed by atoms with Crippen LogP contribution in [-0.4, -0.2) is 49.2 Å². The summed E-state index contributed by atoms with van der Waals surface area (Å²) in [5.41, 5.74) is 2.97. The van der Waals surface area contributed by atoms with Gasteiger partial charge in [-0.25, -0.2) is 4.98 Å². The molecule has 4 nitrogen and oxygen atoms in total. The summed E-state index contributed by atoms with van der Waals surface area (Å²) >= 11 is 9.45. The molecule has 3 rings (SSSR count). The first-order chi connectivity index (χ1) is 13.9. The zero-order valence-electron chi connectivity index (χ0n) is 17.2. The summed E-state index contributed by atoms with van der Waals surface area (Å²) in [7, 11) is 4.09. The summed E-state index contributed by atoms with van der Waals surface area (Å²) in [5.74, 6) is 0.0727. The van der Waals surface area contributed by atoms with Gasteiger partial charge in [-0.1, -0.05) is 35.1 Å². The highest BCUT2D eigenvalue weighted by atomic mass is 35.5. The number of thiazole rings is 1. The van der Waals surface area contributed by atoms with Crippen LogP contribution in [0.5, 0.6) is 0 Å². The van der Waals surface area contributed by atoms with Crippen LogP contribution < -0.4 is 4.90 Å². The zero-order chi connectivity index (χ0) is 21.0. The summed E-state index contributed by atoms with van der Waals surface area (Å²) in [6.45, 7) is 3.57. The second-order valence-electron chi connectivity index (χ2n) is 7.29. The third kappa shape index (κ3) is 5.72. The Labute approximate surface area is 185 Å². The van der Waals surface area contributed by atoms with E-state index in [9.17, 15) is 4.79 Å². The molecule has 0 aliphatic heterocycles. The Balaban J connectivity index is 1.86. The number of hydrogen-bond donors (Lipinski definition) is 0. The number of aryl methyl sites for hydroxylation is 1. The van der Waals surface area contributed by atoms with Crippen molar-refractivity contribution in [2.75, 3.05) is 38.3 Å². The van der Waals surface area contributed by atoms with Crippen LogP contribution in [0.25, 0.3) is 10.2 Å². The van der Waals surface area contributed by atoms with Gasteiger partial charge in [-0.2, -0.15) is 0 Å². The van der Waals surface area contributed by atoms with E-state index < -0.39 is 0 Å². The van der Waals surface area contributed by atoms with Crippen LogP contribution in [-0.2, 0) is 11.2 Å². The molecule has 0 saturated heterocycles. The Morgan fingerprint density at radius 3 is 2.55 bits per heavy atom. The number of carbonyl (C=O) groups is 1. The maximum atomic E-state index is 13.2. The minimum atomic E-state index is 0.0727. The molecule has 3 aromatic rings. The van der Waals surface area contributed by atoms with Crippen LogP contribution >= 0.6 is 34.7 Å². The van der Waals surface area contributed by atoms with E-state index in [2.05, 4.69) is 17.0 Å². The minimum Gasteiger partial charge on any atom is -0.309 e. The Bertz CT molecular complexity index is 986. The van der Waals surface area contributed by atoms with E-state index in [0.717, 1.165) is 39.4 Å². The van der Waals surface area contributed by atoms with Gasteiger partial charge in [0.2, 0.25) is 5.91 Å². The highest BCUT2D eigenvalue weighted by Gasteiger charge is 2.20. The molecule has 0 saturated carbocycles. The number of benzene rings is 2. The van der Waals surface area contributed by atoms with Gasteiger partial charge in [0.25, 0.3) is 0 Å². The molecule has 0 fully saturated rings. The Morgan fingerprint density at radius 2 is 1.90 bits per heavy atom. The van der Waals surface area contributed by atoms with Crippen LogP contribution in [0.2, 0.25) is 5.02 Å². The summed E-state index contributed by atoms with van der Waals surface area (Å²) in [6, 6.07) is 12.0. The normalized spacial score (nSPS) is 11.4. The first-order valence-electron chi connectivity index (χ1n) is 9.52. The Kier molecular flexibility index (Phi) is 7.57. The predicted octanol–water partition coefficient (Wildman–Crippen LogP) is 5.51. The van der Waals surface area contributed by atoms with Crippen molar-refractivity contribution >= 4 is 56.0 Å². The number of rotatable bonds is 8. The van der Waals surface area contributed by atoms with E-state index in [1.165, 1.54) is 16.2 Å². The van der Waals surface area contributed by atoms with E-state index in [-0.39, 0.29) is 5.91 Å². The minimum absolute atomic E-state index is 0.0727. The molecule has 0 spiro atoms. The molecular formula is C22H26ClN3OS2. The molecular weight excluding hydrogens is 422 g/mol. The lowest BCUT2D eigenvalue weighted by molar-refractivity contribution is -0.118. The molecule has 7 heteroatoms. The number of thioether (sulfide) groups is 1. The van der Waals surface area contributed by atoms with Gasteiger partial charge in [-0.15, -0.1) is 11.8 Å². The van der Waals surface area contributed by atoms with Gasteiger partial charge >= 0.3 is 0 Å². The fraction of sp³-hybridized carbons (Fsp3) is 0.364. The highest BCUT2D eigenvalue weighted by Crippen LogP contribution is 2.33. The molecule has 154 valence electrons. The fourth-order valence-electron chi connectivity index (χ4n) is 3.14. The lowest BCUT2D eigenvalue weighted by Gasteiger charge is -2.21. The topological polar surface area (TPSA) is 36.4 Å². The van der Waals surface area contributed by atoms with E-state index in [0.29, 0.717) is 18.0 Å². The van der Waals surface area contributed by atoms with E-state index in [1.807, 2.05) is 56.4 Å². The first kappa shape index (κ1) is 22.1. The third-order valence-corrected chi connectivity index (χ3v) is 6.66. The van der Waals surface area contributed by atoms with Crippen molar-refractivity contribution in [1.29, 1.82) is 0 Å². The van der Waals surface area contributed by atoms with Crippen molar-refractivity contribution < 1.29 is 4.79 Å². The molecule has 1 aromatic heterocycles. The lowest BCUT2D eigenvalue weighted by atomic mass is 10.1. The molecule has 1 heterocycles. The zero-order valence-corrected chi connectivity index (χ0v) is 19.6. The molecule has 0 atom stereocenters. The van der Waals surface area contributed by atoms with Crippen LogP contribution in [0.1, 0.15) is 17.5 Å². The highest BCUT2D eigenvalue weighted by molar-refractivity contribution is 7.98. The van der Waals surface area contributed by atoms with Gasteiger partial charge in [0.15, 0.2) is 5.13 Å². The monoisotopic (exact) mass is 447 g/mol. The summed E-state index contributed by atoms with van der Waals surface area (Å²) < 4.78 is 1.01. The number of aromatic nitrogens is 1. The average Bonchev–Trinajstić information content (AvgIpc) is 3.09. The molecule has 2 aromatic carbocycles. The summed E-state index contributed by atoms with van der Waals surface area (Å²) in [6.07, 6.45) is 3.31. The van der Waals surface area contributed by atoms with Crippen molar-refractivity contribution in [3.63, 3.8) is 0 Å². The van der Waals surface area contributed by atoms with Gasteiger partial charge in [0, 0.05) is 16.5 Å². The van der Waals surface area contributed by atoms with Crippen LogP contribution in [0.15, 0.2) is 41.3 Å². The smallest absolute Gasteiger partial charge is 0.233 e. The second kappa shape index (κ2) is 9.94. The van der Waals surface area contributed by atoms with E-state index >= 15 is 0 Å². The van der Waals surface area contributed by atoms with Gasteiger partial charge in [-0.3, -0.25) is 9.69 Å². The number of fused-ring (bicyclic) bond motifs is 1. The largest absolute Gasteiger partial charge is 0.309 e. The van der Waals surface area contributed by atoms with E-state index in [1.54, 1.807) is 11.8 Å². The van der Waals surface area contributed by atoms with Crippen LogP contribution in [0, 0.1) is 6.92 Å². The quantitative estimate of drug-likeness (QED) is 0.427. The van der Waals surface area contributed by atoms with E-state index in [4.69, 9.17) is 16.6 Å². The molecule has 0 radical (unpaired) electrons. The number of amides is 1. The number of nitrogens with zero attached hydrogens (tertiary/aromatic N) is 3. The molecule has 0 aliphatic carbocycles. The molecule has 0 aliphatic rings. The second-order valence-corrected chi connectivity index (χ2v) is 9.62. The molecule has 0 unspecified atom stereocenters. The third-order valence-electron chi connectivity index (χ3n) is 4.67. The molecule has 29 heavy (non-hydrogen) atoms. The van der Waals surface area contributed by atoms with Gasteiger partial charge in [0.1, 0.15) is 0 Å². The summed E-state index contributed by atoms with van der Waals surface area (Å²) in [4.78, 5) is 23.2. The van der Waals surface area contributed by atoms with Crippen molar-refractivity contribution in [3.8, 4) is 0 Å². The Hall–Kier alpha value is -1.60. The first-order valence-corrected chi connectivity index (χ1v) is 11.9. The maximum Gasteiger partial charge on any atom is 0.233 e. The van der Waals surface area contributed by atoms with Crippen LogP contribution in [0.3, 0.4) is 0 Å². The number of anilines is 1. The standard InChI is InChI=1S/C22H26ClN3OS2/c1-15-12-17(23)14-19-21(15)24-22(29-19)26(11-5-10-25(2)3)20(27)13-16-6-8-18(28-4)9-7-16/h6-9,12,14H,5,10-11,13H2,1-4H3. The lowest BCUT2D eigenvalue weighted by Crippen LogP contribution is -2.34. The maximum absolute atomic E-state index is 13.2. The van der Waals surface area contributed by atoms with Gasteiger partial charge < -0.3 is 4.90 Å². The number of carbonyl (C=O) groups excluding carboxylic acids is 1. The molecule has 1 amide bonds. The van der Waals surface area contributed by atoms with Crippen molar-refractivity contribution in [1.82, 2.24) is 9.88 Å².